The minimum Gasteiger partial charge on any atom is -0.467 e. The fraction of sp³-hybridized carbons (Fsp3) is 0.467. The van der Waals surface area contributed by atoms with E-state index >= 15 is 0 Å². The minimum absolute atomic E-state index is 0.166. The van der Waals surface area contributed by atoms with Crippen molar-refractivity contribution in [1.29, 1.82) is 0 Å². The highest BCUT2D eigenvalue weighted by molar-refractivity contribution is 5.44. The molecule has 112 valence electrons. The van der Waals surface area contributed by atoms with Gasteiger partial charge in [0.25, 0.3) is 0 Å². The van der Waals surface area contributed by atoms with Crippen LogP contribution in [0.1, 0.15) is 36.6 Å². The maximum Gasteiger partial charge on any atom is 0.224 e. The molecule has 3 rings (SSSR count). The third-order valence-electron chi connectivity index (χ3n) is 3.38. The molecule has 1 saturated carbocycles. The monoisotopic (exact) mass is 288 g/mol. The van der Waals surface area contributed by atoms with Crippen LogP contribution in [-0.2, 0) is 6.54 Å². The molecule has 0 aliphatic heterocycles. The van der Waals surface area contributed by atoms with Crippen molar-refractivity contribution in [3.05, 3.63) is 35.9 Å². The molecule has 6 nitrogen and oxygen atoms in total. The fourth-order valence-corrected chi connectivity index (χ4v) is 2.09. The third kappa shape index (κ3) is 3.95. The van der Waals surface area contributed by atoms with Crippen molar-refractivity contribution in [2.24, 2.45) is 0 Å². The quantitative estimate of drug-likeness (QED) is 0.647. The lowest BCUT2D eigenvalue weighted by Crippen LogP contribution is -2.10. The first-order valence-electron chi connectivity index (χ1n) is 7.35. The molecule has 0 atom stereocenters. The summed E-state index contributed by atoms with van der Waals surface area (Å²) in [7, 11) is 0. The summed E-state index contributed by atoms with van der Waals surface area (Å²) in [6.07, 6.45) is 4.75. The molecule has 0 saturated heterocycles. The molecule has 21 heavy (non-hydrogen) atoms. The molecule has 1 aliphatic rings. The van der Waals surface area contributed by atoms with Crippen LogP contribution in [0.15, 0.2) is 28.9 Å². The second-order valence-electron chi connectivity index (χ2n) is 5.21. The summed E-state index contributed by atoms with van der Waals surface area (Å²) in [6, 6.07) is 5.81. The lowest BCUT2D eigenvalue weighted by atomic mass is 10.3. The van der Waals surface area contributed by atoms with E-state index in [2.05, 4.69) is 20.6 Å². The van der Waals surface area contributed by atoms with E-state index in [1.807, 2.05) is 18.2 Å². The SMILES string of the molecule is OCCCNc1nc(NCc2ccco2)cc(C2CC2)n1. The van der Waals surface area contributed by atoms with E-state index in [1.165, 1.54) is 12.8 Å². The zero-order valence-corrected chi connectivity index (χ0v) is 11.9. The van der Waals surface area contributed by atoms with Crippen molar-refractivity contribution in [1.82, 2.24) is 9.97 Å². The molecule has 6 heteroatoms. The standard InChI is InChI=1S/C15H20N4O2/c20-7-2-6-16-15-18-13(11-4-5-11)9-14(19-15)17-10-12-3-1-8-21-12/h1,3,8-9,11,20H,2,4-7,10H2,(H2,16,17,18,19). The molecule has 2 aromatic rings. The Morgan fingerprint density at radius 3 is 2.90 bits per heavy atom. The Kier molecular flexibility index (Phi) is 4.35. The van der Waals surface area contributed by atoms with Gasteiger partial charge in [-0.3, -0.25) is 0 Å². The van der Waals surface area contributed by atoms with Crippen LogP contribution in [0, 0.1) is 0 Å². The number of hydrogen-bond donors (Lipinski definition) is 3. The highest BCUT2D eigenvalue weighted by Gasteiger charge is 2.26. The summed E-state index contributed by atoms with van der Waals surface area (Å²) in [5.41, 5.74) is 1.08. The van der Waals surface area contributed by atoms with Crippen LogP contribution < -0.4 is 10.6 Å². The fourth-order valence-electron chi connectivity index (χ4n) is 2.09. The van der Waals surface area contributed by atoms with Crippen molar-refractivity contribution >= 4 is 11.8 Å². The van der Waals surface area contributed by atoms with Gasteiger partial charge in [-0.15, -0.1) is 0 Å². The van der Waals surface area contributed by atoms with Gasteiger partial charge in [0.15, 0.2) is 0 Å². The van der Waals surface area contributed by atoms with Crippen molar-refractivity contribution in [3.63, 3.8) is 0 Å². The van der Waals surface area contributed by atoms with Crippen LogP contribution in [-0.4, -0.2) is 28.2 Å². The summed E-state index contributed by atoms with van der Waals surface area (Å²) in [4.78, 5) is 9.00. The first kappa shape index (κ1) is 13.9. The molecule has 2 heterocycles. The van der Waals surface area contributed by atoms with E-state index in [0.717, 1.165) is 17.3 Å². The van der Waals surface area contributed by atoms with Gasteiger partial charge < -0.3 is 20.2 Å². The van der Waals surface area contributed by atoms with Crippen LogP contribution in [0.3, 0.4) is 0 Å². The molecule has 2 aromatic heterocycles. The maximum atomic E-state index is 8.84. The average molecular weight is 288 g/mol. The lowest BCUT2D eigenvalue weighted by Gasteiger charge is -2.10. The normalized spacial score (nSPS) is 14.1. The van der Waals surface area contributed by atoms with E-state index in [9.17, 15) is 0 Å². The number of furan rings is 1. The van der Waals surface area contributed by atoms with E-state index in [-0.39, 0.29) is 6.61 Å². The van der Waals surface area contributed by atoms with Gasteiger partial charge in [-0.1, -0.05) is 0 Å². The summed E-state index contributed by atoms with van der Waals surface area (Å²) in [5, 5.41) is 15.3. The first-order valence-corrected chi connectivity index (χ1v) is 7.35. The second-order valence-corrected chi connectivity index (χ2v) is 5.21. The largest absolute Gasteiger partial charge is 0.467 e. The van der Waals surface area contributed by atoms with Gasteiger partial charge in [-0.2, -0.15) is 4.98 Å². The number of anilines is 2. The Labute approximate surface area is 123 Å². The number of aliphatic hydroxyl groups is 1. The first-order chi connectivity index (χ1) is 10.3. The van der Waals surface area contributed by atoms with Crippen molar-refractivity contribution < 1.29 is 9.52 Å². The molecule has 0 spiro atoms. The molecule has 0 radical (unpaired) electrons. The highest BCUT2D eigenvalue weighted by atomic mass is 16.3. The zero-order chi connectivity index (χ0) is 14.5. The Hall–Kier alpha value is -2.08. The number of aromatic nitrogens is 2. The third-order valence-corrected chi connectivity index (χ3v) is 3.38. The molecular weight excluding hydrogens is 268 g/mol. The number of aliphatic hydroxyl groups excluding tert-OH is 1. The van der Waals surface area contributed by atoms with Crippen molar-refractivity contribution in [2.45, 2.75) is 31.7 Å². The predicted octanol–water partition coefficient (Wildman–Crippen LogP) is 2.35. The van der Waals surface area contributed by atoms with Gasteiger partial charge in [0.05, 0.1) is 18.5 Å². The van der Waals surface area contributed by atoms with Gasteiger partial charge in [0.2, 0.25) is 5.95 Å². The van der Waals surface area contributed by atoms with Gasteiger partial charge in [0, 0.05) is 25.1 Å². The van der Waals surface area contributed by atoms with Gasteiger partial charge in [-0.05, 0) is 31.4 Å². The van der Waals surface area contributed by atoms with E-state index in [4.69, 9.17) is 9.52 Å². The molecule has 1 aliphatic carbocycles. The summed E-state index contributed by atoms with van der Waals surface area (Å²) >= 11 is 0. The minimum atomic E-state index is 0.166. The average Bonchev–Trinajstić information content (AvgIpc) is 3.22. The summed E-state index contributed by atoms with van der Waals surface area (Å²) in [5.74, 6) is 2.86. The van der Waals surface area contributed by atoms with E-state index < -0.39 is 0 Å². The molecule has 1 fully saturated rings. The molecule has 0 amide bonds. The predicted molar refractivity (Wildman–Crippen MR) is 80.2 cm³/mol. The topological polar surface area (TPSA) is 83.2 Å². The smallest absolute Gasteiger partial charge is 0.224 e. The van der Waals surface area contributed by atoms with Gasteiger partial charge in [-0.25, -0.2) is 4.98 Å². The highest BCUT2D eigenvalue weighted by Crippen LogP contribution is 2.39. The number of nitrogens with one attached hydrogen (secondary N) is 2. The van der Waals surface area contributed by atoms with Crippen LogP contribution in [0.5, 0.6) is 0 Å². The van der Waals surface area contributed by atoms with E-state index in [1.54, 1.807) is 6.26 Å². The molecular formula is C15H20N4O2. The number of hydrogen-bond acceptors (Lipinski definition) is 6. The summed E-state index contributed by atoms with van der Waals surface area (Å²) in [6.45, 7) is 1.44. The van der Waals surface area contributed by atoms with Crippen LogP contribution >= 0.6 is 0 Å². The van der Waals surface area contributed by atoms with Gasteiger partial charge in [0.1, 0.15) is 11.6 Å². The number of rotatable bonds is 8. The van der Waals surface area contributed by atoms with E-state index in [0.29, 0.717) is 31.4 Å². The molecule has 3 N–H and O–H groups in total. The lowest BCUT2D eigenvalue weighted by molar-refractivity contribution is 0.292. The van der Waals surface area contributed by atoms with Crippen LogP contribution in [0.25, 0.3) is 0 Å². The number of nitrogens with zero attached hydrogens (tertiary/aromatic N) is 2. The Balaban J connectivity index is 1.68. The molecule has 0 unspecified atom stereocenters. The van der Waals surface area contributed by atoms with Crippen molar-refractivity contribution in [2.75, 3.05) is 23.8 Å². The Bertz CT molecular complexity index is 567. The Morgan fingerprint density at radius 1 is 1.29 bits per heavy atom. The van der Waals surface area contributed by atoms with Gasteiger partial charge >= 0.3 is 0 Å². The second kappa shape index (κ2) is 6.58. The van der Waals surface area contributed by atoms with Crippen molar-refractivity contribution in [3.8, 4) is 0 Å². The Morgan fingerprint density at radius 2 is 2.19 bits per heavy atom. The molecule has 0 bridgehead atoms. The van der Waals surface area contributed by atoms with Crippen LogP contribution in [0.4, 0.5) is 11.8 Å². The summed E-state index contributed by atoms with van der Waals surface area (Å²) < 4.78 is 5.31. The maximum absolute atomic E-state index is 8.84. The molecule has 0 aromatic carbocycles. The zero-order valence-electron chi connectivity index (χ0n) is 11.9. The van der Waals surface area contributed by atoms with Crippen LogP contribution in [0.2, 0.25) is 0 Å².